The molecule has 1 aliphatic heterocycles. The van der Waals surface area contributed by atoms with Gasteiger partial charge in [0.25, 0.3) is 0 Å². The van der Waals surface area contributed by atoms with Crippen molar-refractivity contribution in [3.05, 3.63) is 34.9 Å². The fourth-order valence-corrected chi connectivity index (χ4v) is 2.89. The standard InChI is InChI=1S/C18H27ClN2O4/c1-3-24-18(23)21-10-8-20(9-11-21)12-17(22)13-25-14(2)15-4-6-16(19)7-5-15/h4-7,14,17,22H,3,8-13H2,1-2H3/t14-,17+/m0/s1. The molecule has 2 rings (SSSR count). The Labute approximate surface area is 154 Å². The van der Waals surface area contributed by atoms with Crippen molar-refractivity contribution >= 4 is 17.7 Å². The van der Waals surface area contributed by atoms with Gasteiger partial charge in [-0.15, -0.1) is 0 Å². The molecule has 1 aliphatic rings. The van der Waals surface area contributed by atoms with Gasteiger partial charge in [0, 0.05) is 37.7 Å². The molecule has 0 aliphatic carbocycles. The SMILES string of the molecule is CCOC(=O)N1CCN(C[C@@H](O)CO[C@@H](C)c2ccc(Cl)cc2)CC1. The summed E-state index contributed by atoms with van der Waals surface area (Å²) in [5.41, 5.74) is 1.03. The molecule has 6 nitrogen and oxygen atoms in total. The Morgan fingerprint density at radius 2 is 1.88 bits per heavy atom. The fraction of sp³-hybridized carbons (Fsp3) is 0.611. The van der Waals surface area contributed by atoms with Gasteiger partial charge in [-0.05, 0) is 31.5 Å². The lowest BCUT2D eigenvalue weighted by Gasteiger charge is -2.35. The van der Waals surface area contributed by atoms with Crippen LogP contribution in [0.25, 0.3) is 0 Å². The number of aliphatic hydroxyl groups excluding tert-OH is 1. The molecule has 0 spiro atoms. The van der Waals surface area contributed by atoms with E-state index in [1.165, 1.54) is 0 Å². The monoisotopic (exact) mass is 370 g/mol. The van der Waals surface area contributed by atoms with Crippen molar-refractivity contribution in [2.75, 3.05) is 45.9 Å². The predicted octanol–water partition coefficient (Wildman–Crippen LogP) is 2.55. The third-order valence-electron chi connectivity index (χ3n) is 4.25. The number of rotatable bonds is 7. The summed E-state index contributed by atoms with van der Waals surface area (Å²) in [5.74, 6) is 0. The van der Waals surface area contributed by atoms with Crippen LogP contribution >= 0.6 is 11.6 Å². The molecule has 140 valence electrons. The van der Waals surface area contributed by atoms with Crippen LogP contribution in [0.4, 0.5) is 4.79 Å². The van der Waals surface area contributed by atoms with Crippen LogP contribution in [-0.2, 0) is 9.47 Å². The Bertz CT molecular complexity index is 532. The first-order valence-corrected chi connectivity index (χ1v) is 9.06. The van der Waals surface area contributed by atoms with Gasteiger partial charge in [0.1, 0.15) is 0 Å². The van der Waals surface area contributed by atoms with E-state index in [0.29, 0.717) is 31.3 Å². The summed E-state index contributed by atoms with van der Waals surface area (Å²) in [7, 11) is 0. The van der Waals surface area contributed by atoms with Crippen LogP contribution in [0, 0.1) is 0 Å². The normalized spacial score (nSPS) is 18.0. The summed E-state index contributed by atoms with van der Waals surface area (Å²) >= 11 is 5.88. The average Bonchev–Trinajstić information content (AvgIpc) is 2.61. The zero-order valence-corrected chi connectivity index (χ0v) is 15.6. The summed E-state index contributed by atoms with van der Waals surface area (Å²) in [6.45, 7) is 7.63. The molecule has 0 radical (unpaired) electrons. The molecule has 1 fully saturated rings. The maximum atomic E-state index is 11.7. The van der Waals surface area contributed by atoms with Crippen LogP contribution in [0.3, 0.4) is 0 Å². The molecule has 0 unspecified atom stereocenters. The van der Waals surface area contributed by atoms with Crippen LogP contribution in [-0.4, -0.2) is 73.0 Å². The number of halogens is 1. The maximum absolute atomic E-state index is 11.7. The molecule has 1 aromatic rings. The number of β-amino-alcohol motifs (C(OH)–C–C–N with tert-alkyl or cyclic N) is 1. The number of nitrogens with zero attached hydrogens (tertiary/aromatic N) is 2. The number of amides is 1. The molecule has 1 amide bonds. The topological polar surface area (TPSA) is 62.2 Å². The molecular weight excluding hydrogens is 344 g/mol. The quantitative estimate of drug-likeness (QED) is 0.799. The van der Waals surface area contributed by atoms with E-state index >= 15 is 0 Å². The van der Waals surface area contributed by atoms with E-state index in [9.17, 15) is 9.90 Å². The smallest absolute Gasteiger partial charge is 0.409 e. The Morgan fingerprint density at radius 1 is 1.24 bits per heavy atom. The Balaban J connectivity index is 1.68. The van der Waals surface area contributed by atoms with Crippen molar-refractivity contribution in [2.24, 2.45) is 0 Å². The highest BCUT2D eigenvalue weighted by Crippen LogP contribution is 2.19. The first-order chi connectivity index (χ1) is 12.0. The first kappa shape index (κ1) is 20.0. The van der Waals surface area contributed by atoms with Crippen molar-refractivity contribution in [1.29, 1.82) is 0 Å². The lowest BCUT2D eigenvalue weighted by molar-refractivity contribution is -0.0208. The van der Waals surface area contributed by atoms with E-state index in [2.05, 4.69) is 4.90 Å². The van der Waals surface area contributed by atoms with Crippen LogP contribution in [0.15, 0.2) is 24.3 Å². The Hall–Kier alpha value is -1.34. The summed E-state index contributed by atoms with van der Waals surface area (Å²) < 4.78 is 10.8. The highest BCUT2D eigenvalue weighted by molar-refractivity contribution is 6.30. The molecule has 1 heterocycles. The second kappa shape index (κ2) is 9.97. The van der Waals surface area contributed by atoms with Crippen LogP contribution in [0.2, 0.25) is 5.02 Å². The average molecular weight is 371 g/mol. The molecule has 2 atom stereocenters. The van der Waals surface area contributed by atoms with Crippen LogP contribution in [0.1, 0.15) is 25.5 Å². The third-order valence-corrected chi connectivity index (χ3v) is 4.50. The van der Waals surface area contributed by atoms with Gasteiger partial charge in [-0.2, -0.15) is 0 Å². The Kier molecular flexibility index (Phi) is 7.96. The molecular formula is C18H27ClN2O4. The van der Waals surface area contributed by atoms with E-state index in [-0.39, 0.29) is 18.8 Å². The van der Waals surface area contributed by atoms with Crippen molar-refractivity contribution in [2.45, 2.75) is 26.1 Å². The van der Waals surface area contributed by atoms with Gasteiger partial charge in [0.15, 0.2) is 0 Å². The van der Waals surface area contributed by atoms with E-state index in [0.717, 1.165) is 18.7 Å². The van der Waals surface area contributed by atoms with E-state index < -0.39 is 6.10 Å². The van der Waals surface area contributed by atoms with E-state index in [1.807, 2.05) is 31.2 Å². The Morgan fingerprint density at radius 3 is 2.48 bits per heavy atom. The van der Waals surface area contributed by atoms with Crippen molar-refractivity contribution in [3.63, 3.8) is 0 Å². The minimum Gasteiger partial charge on any atom is -0.450 e. The minimum absolute atomic E-state index is 0.104. The zero-order valence-electron chi connectivity index (χ0n) is 14.9. The number of hydrogen-bond acceptors (Lipinski definition) is 5. The zero-order chi connectivity index (χ0) is 18.2. The number of ether oxygens (including phenoxy) is 2. The van der Waals surface area contributed by atoms with Gasteiger partial charge >= 0.3 is 6.09 Å². The van der Waals surface area contributed by atoms with Crippen molar-refractivity contribution in [1.82, 2.24) is 9.80 Å². The van der Waals surface area contributed by atoms with Gasteiger partial charge in [0.2, 0.25) is 0 Å². The number of carbonyl (C=O) groups excluding carboxylic acids is 1. The lowest BCUT2D eigenvalue weighted by atomic mass is 10.1. The largest absolute Gasteiger partial charge is 0.450 e. The van der Waals surface area contributed by atoms with E-state index in [4.69, 9.17) is 21.1 Å². The lowest BCUT2D eigenvalue weighted by Crippen LogP contribution is -2.51. The molecule has 25 heavy (non-hydrogen) atoms. The van der Waals surface area contributed by atoms with Gasteiger partial charge in [-0.3, -0.25) is 4.90 Å². The van der Waals surface area contributed by atoms with Gasteiger partial charge in [-0.1, -0.05) is 23.7 Å². The number of benzene rings is 1. The second-order valence-corrected chi connectivity index (χ2v) is 6.60. The number of hydrogen-bond donors (Lipinski definition) is 1. The third kappa shape index (κ3) is 6.47. The molecule has 1 N–H and O–H groups in total. The number of aliphatic hydroxyl groups is 1. The molecule has 0 bridgehead atoms. The molecule has 7 heteroatoms. The number of piperazine rings is 1. The first-order valence-electron chi connectivity index (χ1n) is 8.68. The minimum atomic E-state index is -0.566. The molecule has 1 aromatic carbocycles. The fourth-order valence-electron chi connectivity index (χ4n) is 2.76. The molecule has 0 saturated carbocycles. The summed E-state index contributed by atoms with van der Waals surface area (Å²) in [5, 5.41) is 10.9. The summed E-state index contributed by atoms with van der Waals surface area (Å²) in [6.07, 6.45) is -0.931. The molecule has 0 aromatic heterocycles. The predicted molar refractivity (Wildman–Crippen MR) is 96.9 cm³/mol. The van der Waals surface area contributed by atoms with Crippen molar-refractivity contribution in [3.8, 4) is 0 Å². The number of carbonyl (C=O) groups is 1. The van der Waals surface area contributed by atoms with Gasteiger partial charge in [0.05, 0.1) is 25.4 Å². The van der Waals surface area contributed by atoms with Gasteiger partial charge < -0.3 is 19.5 Å². The highest BCUT2D eigenvalue weighted by atomic mass is 35.5. The van der Waals surface area contributed by atoms with Gasteiger partial charge in [-0.25, -0.2) is 4.79 Å². The van der Waals surface area contributed by atoms with Crippen LogP contribution < -0.4 is 0 Å². The van der Waals surface area contributed by atoms with Crippen LogP contribution in [0.5, 0.6) is 0 Å². The molecule has 1 saturated heterocycles. The highest BCUT2D eigenvalue weighted by Gasteiger charge is 2.23. The maximum Gasteiger partial charge on any atom is 0.409 e. The van der Waals surface area contributed by atoms with E-state index in [1.54, 1.807) is 11.8 Å². The second-order valence-electron chi connectivity index (χ2n) is 6.17. The summed E-state index contributed by atoms with van der Waals surface area (Å²) in [6, 6.07) is 7.51. The van der Waals surface area contributed by atoms with Crippen molar-refractivity contribution < 1.29 is 19.4 Å². The summed E-state index contributed by atoms with van der Waals surface area (Å²) in [4.78, 5) is 15.5.